The van der Waals surface area contributed by atoms with Crippen LogP contribution in [-0.4, -0.2) is 19.6 Å². The zero-order valence-electron chi connectivity index (χ0n) is 12.0. The van der Waals surface area contributed by atoms with Crippen molar-refractivity contribution in [1.82, 2.24) is 19.6 Å². The van der Waals surface area contributed by atoms with E-state index in [4.69, 9.17) is 17.3 Å². The minimum atomic E-state index is -0.124. The maximum atomic E-state index is 6.34. The van der Waals surface area contributed by atoms with Crippen LogP contribution in [0.5, 0.6) is 0 Å². The quantitative estimate of drug-likeness (QED) is 0.936. The molecule has 2 aromatic heterocycles. The lowest BCUT2D eigenvalue weighted by molar-refractivity contribution is 0.634. The highest BCUT2D eigenvalue weighted by molar-refractivity contribution is 6.31. The van der Waals surface area contributed by atoms with Gasteiger partial charge < -0.3 is 5.73 Å². The average Bonchev–Trinajstić information content (AvgIpc) is 2.70. The minimum absolute atomic E-state index is 0.124. The predicted octanol–water partition coefficient (Wildman–Crippen LogP) is 1.97. The van der Waals surface area contributed by atoms with Crippen molar-refractivity contribution < 1.29 is 0 Å². The van der Waals surface area contributed by atoms with Crippen LogP contribution in [0.15, 0.2) is 0 Å². The van der Waals surface area contributed by atoms with Gasteiger partial charge in [-0.1, -0.05) is 11.6 Å². The molecule has 2 heterocycles. The van der Waals surface area contributed by atoms with Crippen LogP contribution in [0.3, 0.4) is 0 Å². The van der Waals surface area contributed by atoms with Crippen LogP contribution in [0.25, 0.3) is 0 Å². The first kappa shape index (κ1) is 14.1. The number of aryl methyl sites for hydroxylation is 4. The lowest BCUT2D eigenvalue weighted by Crippen LogP contribution is -2.17. The number of nitrogens with two attached hydrogens (primary N) is 1. The van der Waals surface area contributed by atoms with Crippen LogP contribution < -0.4 is 5.73 Å². The summed E-state index contributed by atoms with van der Waals surface area (Å²) in [6, 6.07) is -0.124. The molecule has 0 radical (unpaired) electrons. The number of halogens is 1. The van der Waals surface area contributed by atoms with Crippen molar-refractivity contribution in [2.24, 2.45) is 19.8 Å². The molecule has 0 saturated carbocycles. The van der Waals surface area contributed by atoms with Gasteiger partial charge in [0.15, 0.2) is 0 Å². The molecule has 0 amide bonds. The van der Waals surface area contributed by atoms with Crippen LogP contribution >= 0.6 is 11.6 Å². The standard InChI is InChI=1S/C13H20ClN5/c1-7-12(9(3)18(4)16-7)10(15)6-11-13(14)8(2)17-19(11)5/h10H,6,15H2,1-5H3. The van der Waals surface area contributed by atoms with Gasteiger partial charge in [0.2, 0.25) is 0 Å². The molecule has 0 spiro atoms. The molecule has 6 heteroatoms. The molecule has 0 bridgehead atoms. The molecule has 2 rings (SSSR count). The Balaban J connectivity index is 2.33. The third-order valence-electron chi connectivity index (χ3n) is 3.61. The zero-order valence-corrected chi connectivity index (χ0v) is 12.8. The van der Waals surface area contributed by atoms with E-state index in [2.05, 4.69) is 10.2 Å². The van der Waals surface area contributed by atoms with Gasteiger partial charge in [-0.3, -0.25) is 9.36 Å². The van der Waals surface area contributed by atoms with Crippen molar-refractivity contribution in [3.05, 3.63) is 33.4 Å². The molecule has 104 valence electrons. The van der Waals surface area contributed by atoms with E-state index in [9.17, 15) is 0 Å². The normalized spacial score (nSPS) is 13.0. The van der Waals surface area contributed by atoms with Gasteiger partial charge in [0, 0.05) is 37.8 Å². The van der Waals surface area contributed by atoms with Crippen LogP contribution in [0.4, 0.5) is 0 Å². The van der Waals surface area contributed by atoms with Gasteiger partial charge in [-0.2, -0.15) is 10.2 Å². The smallest absolute Gasteiger partial charge is 0.0847 e. The highest BCUT2D eigenvalue weighted by atomic mass is 35.5. The summed E-state index contributed by atoms with van der Waals surface area (Å²) in [5.74, 6) is 0. The Kier molecular flexibility index (Phi) is 3.69. The monoisotopic (exact) mass is 281 g/mol. The SMILES string of the molecule is Cc1nn(C)c(CC(N)c2c(C)nn(C)c2C)c1Cl. The Morgan fingerprint density at radius 3 is 2.11 bits per heavy atom. The second-order valence-corrected chi connectivity index (χ2v) is 5.37. The first-order valence-electron chi connectivity index (χ1n) is 6.26. The van der Waals surface area contributed by atoms with E-state index in [0.717, 1.165) is 28.3 Å². The summed E-state index contributed by atoms with van der Waals surface area (Å²) in [4.78, 5) is 0. The van der Waals surface area contributed by atoms with Crippen molar-refractivity contribution in [2.45, 2.75) is 33.2 Å². The highest BCUT2D eigenvalue weighted by Gasteiger charge is 2.20. The second-order valence-electron chi connectivity index (χ2n) is 4.99. The Bertz CT molecular complexity index is 611. The number of rotatable bonds is 3. The van der Waals surface area contributed by atoms with Crippen LogP contribution in [0.2, 0.25) is 5.02 Å². The van der Waals surface area contributed by atoms with Crippen LogP contribution in [-0.2, 0) is 20.5 Å². The van der Waals surface area contributed by atoms with Gasteiger partial charge >= 0.3 is 0 Å². The molecule has 0 aliphatic carbocycles. The number of aromatic nitrogens is 4. The summed E-state index contributed by atoms with van der Waals surface area (Å²) < 4.78 is 3.67. The number of hydrogen-bond donors (Lipinski definition) is 1. The van der Waals surface area contributed by atoms with Crippen molar-refractivity contribution in [3.63, 3.8) is 0 Å². The molecule has 1 unspecified atom stereocenters. The van der Waals surface area contributed by atoms with E-state index < -0.39 is 0 Å². The van der Waals surface area contributed by atoms with Crippen molar-refractivity contribution >= 4 is 11.6 Å². The fraction of sp³-hybridized carbons (Fsp3) is 0.538. The van der Waals surface area contributed by atoms with Gasteiger partial charge in [0.1, 0.15) is 0 Å². The first-order valence-corrected chi connectivity index (χ1v) is 6.64. The van der Waals surface area contributed by atoms with E-state index in [1.54, 1.807) is 4.68 Å². The lowest BCUT2D eigenvalue weighted by Gasteiger charge is -2.13. The maximum Gasteiger partial charge on any atom is 0.0847 e. The van der Waals surface area contributed by atoms with Gasteiger partial charge in [-0.05, 0) is 20.8 Å². The molecule has 0 saturated heterocycles. The third-order valence-corrected chi connectivity index (χ3v) is 4.10. The number of nitrogens with zero attached hydrogens (tertiary/aromatic N) is 4. The molecule has 2 N–H and O–H groups in total. The van der Waals surface area contributed by atoms with E-state index in [1.807, 2.05) is 39.5 Å². The summed E-state index contributed by atoms with van der Waals surface area (Å²) in [5, 5.41) is 9.43. The van der Waals surface area contributed by atoms with Crippen molar-refractivity contribution in [1.29, 1.82) is 0 Å². The maximum absolute atomic E-state index is 6.34. The summed E-state index contributed by atoms with van der Waals surface area (Å²) in [7, 11) is 3.82. The average molecular weight is 282 g/mol. The minimum Gasteiger partial charge on any atom is -0.324 e. The summed E-state index contributed by atoms with van der Waals surface area (Å²) in [6.45, 7) is 5.92. The fourth-order valence-corrected chi connectivity index (χ4v) is 2.78. The van der Waals surface area contributed by atoms with E-state index in [1.165, 1.54) is 0 Å². The molecule has 0 fully saturated rings. The molecular formula is C13H20ClN5. The molecule has 1 atom stereocenters. The third kappa shape index (κ3) is 2.40. The zero-order chi connectivity index (χ0) is 14.3. The summed E-state index contributed by atoms with van der Waals surface area (Å²) in [6.07, 6.45) is 0.656. The Morgan fingerprint density at radius 1 is 1.11 bits per heavy atom. The van der Waals surface area contributed by atoms with E-state index >= 15 is 0 Å². The van der Waals surface area contributed by atoms with Gasteiger partial charge in [0.25, 0.3) is 0 Å². The highest BCUT2D eigenvalue weighted by Crippen LogP contribution is 2.27. The van der Waals surface area contributed by atoms with Gasteiger partial charge in [-0.25, -0.2) is 0 Å². The fourth-order valence-electron chi connectivity index (χ4n) is 2.54. The molecule has 0 aromatic carbocycles. The van der Waals surface area contributed by atoms with Crippen molar-refractivity contribution in [2.75, 3.05) is 0 Å². The van der Waals surface area contributed by atoms with Gasteiger partial charge in [-0.15, -0.1) is 0 Å². The molecule has 0 aliphatic heterocycles. The topological polar surface area (TPSA) is 61.7 Å². The van der Waals surface area contributed by atoms with E-state index in [-0.39, 0.29) is 6.04 Å². The molecule has 5 nitrogen and oxygen atoms in total. The summed E-state index contributed by atoms with van der Waals surface area (Å²) in [5.41, 5.74) is 11.3. The summed E-state index contributed by atoms with van der Waals surface area (Å²) >= 11 is 6.27. The molecule has 19 heavy (non-hydrogen) atoms. The Labute approximate surface area is 118 Å². The molecule has 0 aliphatic rings. The Morgan fingerprint density at radius 2 is 1.68 bits per heavy atom. The second kappa shape index (κ2) is 4.98. The number of hydrogen-bond acceptors (Lipinski definition) is 3. The largest absolute Gasteiger partial charge is 0.324 e. The predicted molar refractivity (Wildman–Crippen MR) is 76.3 cm³/mol. The van der Waals surface area contributed by atoms with Crippen molar-refractivity contribution in [3.8, 4) is 0 Å². The lowest BCUT2D eigenvalue weighted by atomic mass is 10.0. The van der Waals surface area contributed by atoms with Gasteiger partial charge in [0.05, 0.1) is 22.1 Å². The Hall–Kier alpha value is -1.33. The first-order chi connectivity index (χ1) is 8.82. The van der Waals surface area contributed by atoms with Crippen LogP contribution in [0.1, 0.15) is 34.4 Å². The van der Waals surface area contributed by atoms with E-state index in [0.29, 0.717) is 11.4 Å². The van der Waals surface area contributed by atoms with Crippen LogP contribution in [0, 0.1) is 20.8 Å². The molecule has 2 aromatic rings. The molecular weight excluding hydrogens is 262 g/mol.